The summed E-state index contributed by atoms with van der Waals surface area (Å²) in [6, 6.07) is 2.28. The van der Waals surface area contributed by atoms with Crippen molar-refractivity contribution in [3.8, 4) is 11.1 Å². The van der Waals surface area contributed by atoms with Crippen LogP contribution in [0, 0.1) is 9.39 Å². The van der Waals surface area contributed by atoms with Crippen LogP contribution in [0.1, 0.15) is 20.7 Å². The second-order valence-electron chi connectivity index (χ2n) is 4.35. The molecule has 7 nitrogen and oxygen atoms in total. The second-order valence-corrected chi connectivity index (χ2v) is 6.37. The SMILES string of the molecule is Nc1[nH]c(=O)c(C(=O)O)c(-c2cc(F)c(I)cc2Br)c1C(=O)O. The van der Waals surface area contributed by atoms with Crippen molar-refractivity contribution < 1.29 is 24.2 Å². The Hall–Kier alpha value is -1.95. The quantitative estimate of drug-likeness (QED) is 0.381. The van der Waals surface area contributed by atoms with Crippen molar-refractivity contribution in [3.05, 3.63) is 47.5 Å². The average Bonchev–Trinajstić information content (AvgIpc) is 2.40. The van der Waals surface area contributed by atoms with Gasteiger partial charge in [-0.25, -0.2) is 14.0 Å². The fourth-order valence-electron chi connectivity index (χ4n) is 2.03. The lowest BCUT2D eigenvalue weighted by atomic mass is 9.95. The van der Waals surface area contributed by atoms with Crippen LogP contribution in [-0.2, 0) is 0 Å². The van der Waals surface area contributed by atoms with Crippen LogP contribution >= 0.6 is 38.5 Å². The summed E-state index contributed by atoms with van der Waals surface area (Å²) in [6.07, 6.45) is 0. The lowest BCUT2D eigenvalue weighted by Crippen LogP contribution is -2.24. The summed E-state index contributed by atoms with van der Waals surface area (Å²) < 4.78 is 14.3. The Kier molecular flexibility index (Phi) is 4.75. The molecule has 23 heavy (non-hydrogen) atoms. The maximum absolute atomic E-state index is 13.9. The molecule has 0 spiro atoms. The number of hydrogen-bond donors (Lipinski definition) is 4. The molecule has 1 aromatic carbocycles. The van der Waals surface area contributed by atoms with Crippen molar-refractivity contribution in [1.82, 2.24) is 4.98 Å². The van der Waals surface area contributed by atoms with E-state index in [0.717, 1.165) is 6.07 Å². The van der Waals surface area contributed by atoms with E-state index < -0.39 is 45.8 Å². The van der Waals surface area contributed by atoms with Crippen LogP contribution in [-0.4, -0.2) is 27.1 Å². The molecule has 0 aliphatic carbocycles. The van der Waals surface area contributed by atoms with Gasteiger partial charge in [0.15, 0.2) is 0 Å². The molecule has 1 heterocycles. The van der Waals surface area contributed by atoms with Crippen LogP contribution in [0.25, 0.3) is 11.1 Å². The van der Waals surface area contributed by atoms with Crippen LogP contribution in [0.5, 0.6) is 0 Å². The summed E-state index contributed by atoms with van der Waals surface area (Å²) in [5, 5.41) is 18.6. The van der Waals surface area contributed by atoms with Gasteiger partial charge in [-0.3, -0.25) is 4.79 Å². The summed E-state index contributed by atoms with van der Waals surface area (Å²) in [6.45, 7) is 0. The fraction of sp³-hybridized carbons (Fsp3) is 0. The molecule has 10 heteroatoms. The number of aromatic amines is 1. The van der Waals surface area contributed by atoms with Gasteiger partial charge in [0.05, 0.1) is 0 Å². The zero-order valence-electron chi connectivity index (χ0n) is 11.0. The maximum atomic E-state index is 13.9. The van der Waals surface area contributed by atoms with E-state index >= 15 is 0 Å². The molecule has 0 saturated heterocycles. The van der Waals surface area contributed by atoms with E-state index in [2.05, 4.69) is 15.9 Å². The zero-order chi connectivity index (χ0) is 17.5. The molecule has 2 aromatic rings. The number of pyridine rings is 1. The zero-order valence-corrected chi connectivity index (χ0v) is 14.7. The lowest BCUT2D eigenvalue weighted by Gasteiger charge is -2.14. The first kappa shape index (κ1) is 17.4. The Morgan fingerprint density at radius 1 is 1.22 bits per heavy atom. The molecule has 0 amide bonds. The van der Waals surface area contributed by atoms with Gasteiger partial charge in [-0.1, -0.05) is 15.9 Å². The molecule has 0 atom stereocenters. The molecule has 1 aromatic heterocycles. The smallest absolute Gasteiger partial charge is 0.342 e. The van der Waals surface area contributed by atoms with Gasteiger partial charge < -0.3 is 20.9 Å². The third kappa shape index (κ3) is 3.08. The molecular formula is C13H7BrFIN2O5. The third-order valence-electron chi connectivity index (χ3n) is 2.95. The van der Waals surface area contributed by atoms with Gasteiger partial charge in [-0.05, 0) is 34.7 Å². The highest BCUT2D eigenvalue weighted by Gasteiger charge is 2.28. The molecule has 0 bridgehead atoms. The van der Waals surface area contributed by atoms with Crippen molar-refractivity contribution in [1.29, 1.82) is 0 Å². The van der Waals surface area contributed by atoms with E-state index in [1.807, 2.05) is 4.98 Å². The number of rotatable bonds is 3. The number of nitrogens with one attached hydrogen (secondary N) is 1. The summed E-state index contributed by atoms with van der Waals surface area (Å²) in [5.41, 5.74) is 2.40. The molecule has 0 aliphatic heterocycles. The maximum Gasteiger partial charge on any atom is 0.342 e. The van der Waals surface area contributed by atoms with Crippen molar-refractivity contribution in [2.24, 2.45) is 0 Å². The largest absolute Gasteiger partial charge is 0.478 e. The van der Waals surface area contributed by atoms with Gasteiger partial charge in [0.25, 0.3) is 5.56 Å². The monoisotopic (exact) mass is 496 g/mol. The Labute approximate surface area is 149 Å². The van der Waals surface area contributed by atoms with E-state index in [1.54, 1.807) is 22.6 Å². The summed E-state index contributed by atoms with van der Waals surface area (Å²) in [5.74, 6) is -4.43. The predicted molar refractivity (Wildman–Crippen MR) is 91.2 cm³/mol. The summed E-state index contributed by atoms with van der Waals surface area (Å²) in [4.78, 5) is 36.7. The predicted octanol–water partition coefficient (Wildman–Crippen LogP) is 2.53. The standard InChI is InChI=1S/C13H7BrFIN2O5/c14-4-2-6(16)5(15)1-3(4)7-8(12(20)21)10(17)18-11(19)9(7)13(22)23/h1-2H,(H,20,21)(H,22,23)(H3,17,18,19). The number of aromatic carboxylic acids is 2. The summed E-state index contributed by atoms with van der Waals surface area (Å²) >= 11 is 4.84. The molecule has 0 aliphatic rings. The van der Waals surface area contributed by atoms with Gasteiger partial charge in [0.1, 0.15) is 22.8 Å². The first-order chi connectivity index (χ1) is 10.6. The van der Waals surface area contributed by atoms with E-state index in [9.17, 15) is 29.0 Å². The number of carboxylic acids is 2. The van der Waals surface area contributed by atoms with E-state index in [1.165, 1.54) is 6.07 Å². The fourth-order valence-corrected chi connectivity index (χ4v) is 3.47. The number of benzene rings is 1. The highest BCUT2D eigenvalue weighted by molar-refractivity contribution is 14.1. The third-order valence-corrected chi connectivity index (χ3v) is 4.43. The topological polar surface area (TPSA) is 133 Å². The molecule has 120 valence electrons. The van der Waals surface area contributed by atoms with E-state index in [-0.39, 0.29) is 13.6 Å². The van der Waals surface area contributed by atoms with Crippen molar-refractivity contribution in [2.75, 3.05) is 5.73 Å². The van der Waals surface area contributed by atoms with Crippen molar-refractivity contribution >= 4 is 56.3 Å². The van der Waals surface area contributed by atoms with Gasteiger partial charge >= 0.3 is 11.9 Å². The number of nitrogens with two attached hydrogens (primary N) is 1. The molecule has 0 radical (unpaired) electrons. The minimum Gasteiger partial charge on any atom is -0.478 e. The number of anilines is 1. The average molecular weight is 497 g/mol. The highest BCUT2D eigenvalue weighted by atomic mass is 127. The number of carboxylic acid groups (broad SMARTS) is 2. The molecule has 0 unspecified atom stereocenters. The van der Waals surface area contributed by atoms with Gasteiger partial charge in [-0.15, -0.1) is 0 Å². The summed E-state index contributed by atoms with van der Waals surface area (Å²) in [7, 11) is 0. The number of carbonyl (C=O) groups is 2. The number of nitrogen functional groups attached to an aromatic ring is 1. The van der Waals surface area contributed by atoms with Gasteiger partial charge in [0, 0.05) is 19.2 Å². The van der Waals surface area contributed by atoms with Crippen LogP contribution in [0.15, 0.2) is 21.4 Å². The normalized spacial score (nSPS) is 10.6. The minimum absolute atomic E-state index is 0.101. The molecule has 0 saturated carbocycles. The van der Waals surface area contributed by atoms with E-state index in [0.29, 0.717) is 0 Å². The first-order valence-corrected chi connectivity index (χ1v) is 7.69. The Balaban J connectivity index is 3.06. The number of hydrogen-bond acceptors (Lipinski definition) is 4. The van der Waals surface area contributed by atoms with Crippen molar-refractivity contribution in [2.45, 2.75) is 0 Å². The minimum atomic E-state index is -1.66. The Morgan fingerprint density at radius 2 is 1.78 bits per heavy atom. The van der Waals surface area contributed by atoms with Crippen molar-refractivity contribution in [3.63, 3.8) is 0 Å². The Morgan fingerprint density at radius 3 is 2.30 bits per heavy atom. The van der Waals surface area contributed by atoms with E-state index in [4.69, 9.17) is 5.73 Å². The van der Waals surface area contributed by atoms with Crippen LogP contribution in [0.4, 0.5) is 10.2 Å². The Bertz CT molecular complexity index is 912. The highest BCUT2D eigenvalue weighted by Crippen LogP contribution is 2.36. The molecule has 0 fully saturated rings. The van der Waals surface area contributed by atoms with Gasteiger partial charge in [0.2, 0.25) is 0 Å². The molecular weight excluding hydrogens is 490 g/mol. The first-order valence-electron chi connectivity index (χ1n) is 5.82. The number of H-pyrrole nitrogens is 1. The number of aromatic nitrogens is 1. The molecule has 5 N–H and O–H groups in total. The van der Waals surface area contributed by atoms with Gasteiger partial charge in [-0.2, -0.15) is 0 Å². The van der Waals surface area contributed by atoms with Crippen LogP contribution < -0.4 is 11.3 Å². The lowest BCUT2D eigenvalue weighted by molar-refractivity contribution is 0.0695. The number of halogens is 3. The van der Waals surface area contributed by atoms with Crippen LogP contribution in [0.2, 0.25) is 0 Å². The molecule has 2 rings (SSSR count). The van der Waals surface area contributed by atoms with Crippen LogP contribution in [0.3, 0.4) is 0 Å². The second kappa shape index (κ2) is 6.28.